The molecule has 3 rings (SSSR count). The van der Waals surface area contributed by atoms with Crippen LogP contribution in [-0.4, -0.2) is 32.8 Å². The lowest BCUT2D eigenvalue weighted by atomic mass is 9.85. The van der Waals surface area contributed by atoms with E-state index >= 15 is 0 Å². The van der Waals surface area contributed by atoms with Crippen LogP contribution in [0.1, 0.15) is 45.1 Å². The van der Waals surface area contributed by atoms with Gasteiger partial charge in [-0.15, -0.1) is 0 Å². The Morgan fingerprint density at radius 3 is 2.43 bits per heavy atom. The van der Waals surface area contributed by atoms with Crippen molar-refractivity contribution in [2.45, 2.75) is 57.2 Å². The average Bonchev–Trinajstić information content (AvgIpc) is 2.93. The van der Waals surface area contributed by atoms with E-state index in [1.54, 1.807) is 17.3 Å². The van der Waals surface area contributed by atoms with Crippen LogP contribution >= 0.6 is 0 Å². The van der Waals surface area contributed by atoms with Gasteiger partial charge < -0.3 is 10.2 Å². The van der Waals surface area contributed by atoms with Crippen LogP contribution in [0.3, 0.4) is 0 Å². The number of carbonyl (C=O) groups is 2. The normalized spacial score (nSPS) is 23.4. The van der Waals surface area contributed by atoms with Gasteiger partial charge in [-0.2, -0.15) is 0 Å². The van der Waals surface area contributed by atoms with Crippen LogP contribution in [0.2, 0.25) is 0 Å². The molecule has 112 valence electrons. The van der Waals surface area contributed by atoms with Crippen molar-refractivity contribution in [1.82, 2.24) is 15.2 Å². The fraction of sp³-hybridized carbons (Fsp3) is 0.562. The summed E-state index contributed by atoms with van der Waals surface area (Å²) in [6, 6.07) is 3.77. The molecule has 2 heterocycles. The molecule has 1 saturated carbocycles. The number of amides is 2. The number of nitrogens with one attached hydrogen (secondary N) is 1. The summed E-state index contributed by atoms with van der Waals surface area (Å²) in [7, 11) is 0. The quantitative estimate of drug-likeness (QED) is 0.899. The van der Waals surface area contributed by atoms with Gasteiger partial charge in [-0.25, -0.2) is 0 Å². The van der Waals surface area contributed by atoms with E-state index in [0.717, 1.165) is 31.2 Å². The van der Waals surface area contributed by atoms with Gasteiger partial charge in [-0.05, 0) is 44.4 Å². The minimum Gasteiger partial charge on any atom is -0.340 e. The van der Waals surface area contributed by atoms with Gasteiger partial charge >= 0.3 is 0 Å². The fourth-order valence-corrected chi connectivity index (χ4v) is 3.32. The third-order valence-electron chi connectivity index (χ3n) is 4.78. The molecule has 0 unspecified atom stereocenters. The predicted octanol–water partition coefficient (Wildman–Crippen LogP) is 1.63. The van der Waals surface area contributed by atoms with Gasteiger partial charge in [-0.3, -0.25) is 14.6 Å². The first-order chi connectivity index (χ1) is 9.96. The van der Waals surface area contributed by atoms with E-state index in [2.05, 4.69) is 10.3 Å². The van der Waals surface area contributed by atoms with Crippen LogP contribution in [0, 0.1) is 0 Å². The average molecular weight is 287 g/mol. The molecule has 2 amide bonds. The van der Waals surface area contributed by atoms with Crippen molar-refractivity contribution in [2.75, 3.05) is 0 Å². The highest BCUT2D eigenvalue weighted by molar-refractivity contribution is 6.02. The highest BCUT2D eigenvalue weighted by Gasteiger charge is 2.55. The highest BCUT2D eigenvalue weighted by Crippen LogP contribution is 2.37. The topological polar surface area (TPSA) is 62.3 Å². The summed E-state index contributed by atoms with van der Waals surface area (Å²) >= 11 is 0. The SMILES string of the molecule is CC1(C)C(=O)NC2(CCCC2)C(=O)N1Cc1ccncc1. The molecule has 1 N–H and O–H groups in total. The number of piperazine rings is 1. The van der Waals surface area contributed by atoms with Crippen LogP contribution in [-0.2, 0) is 16.1 Å². The molecule has 1 aromatic heterocycles. The van der Waals surface area contributed by atoms with Crippen molar-refractivity contribution in [3.8, 4) is 0 Å². The monoisotopic (exact) mass is 287 g/mol. The van der Waals surface area contributed by atoms with Gasteiger partial charge in [0.05, 0.1) is 0 Å². The third kappa shape index (κ3) is 2.20. The molecule has 0 radical (unpaired) electrons. The zero-order valence-electron chi connectivity index (χ0n) is 12.6. The standard InChI is InChI=1S/C16H21N3O2/c1-15(2)13(20)18-16(7-3-4-8-16)14(21)19(15)11-12-5-9-17-10-6-12/h5-6,9-10H,3-4,7-8,11H2,1-2H3,(H,18,20). The fourth-order valence-electron chi connectivity index (χ4n) is 3.32. The maximum absolute atomic E-state index is 13.0. The Kier molecular flexibility index (Phi) is 3.23. The van der Waals surface area contributed by atoms with Crippen molar-refractivity contribution >= 4 is 11.8 Å². The van der Waals surface area contributed by atoms with E-state index in [4.69, 9.17) is 0 Å². The Balaban J connectivity index is 1.94. The number of rotatable bonds is 2. The molecule has 21 heavy (non-hydrogen) atoms. The lowest BCUT2D eigenvalue weighted by molar-refractivity contribution is -0.161. The molecule has 5 heteroatoms. The molecule has 1 aliphatic heterocycles. The number of aromatic nitrogens is 1. The Morgan fingerprint density at radius 1 is 1.19 bits per heavy atom. The van der Waals surface area contributed by atoms with Gasteiger partial charge in [0.1, 0.15) is 11.1 Å². The minimum atomic E-state index is -0.825. The molecule has 1 spiro atoms. The maximum Gasteiger partial charge on any atom is 0.249 e. The second kappa shape index (κ2) is 4.83. The molecule has 2 fully saturated rings. The summed E-state index contributed by atoms with van der Waals surface area (Å²) in [6.07, 6.45) is 6.91. The Morgan fingerprint density at radius 2 is 1.81 bits per heavy atom. The summed E-state index contributed by atoms with van der Waals surface area (Å²) in [6.45, 7) is 4.07. The van der Waals surface area contributed by atoms with Crippen molar-refractivity contribution in [3.05, 3.63) is 30.1 Å². The predicted molar refractivity (Wildman–Crippen MR) is 78.2 cm³/mol. The lowest BCUT2D eigenvalue weighted by Crippen LogP contribution is -2.73. The molecular weight excluding hydrogens is 266 g/mol. The van der Waals surface area contributed by atoms with Gasteiger partial charge in [0.15, 0.2) is 0 Å². The highest BCUT2D eigenvalue weighted by atomic mass is 16.2. The van der Waals surface area contributed by atoms with Crippen molar-refractivity contribution in [1.29, 1.82) is 0 Å². The Bertz CT molecular complexity index is 562. The first-order valence-corrected chi connectivity index (χ1v) is 7.49. The molecule has 1 aromatic rings. The number of hydrogen-bond acceptors (Lipinski definition) is 3. The summed E-state index contributed by atoms with van der Waals surface area (Å²) < 4.78 is 0. The number of carbonyl (C=O) groups excluding carboxylic acids is 2. The summed E-state index contributed by atoms with van der Waals surface area (Å²) in [5.74, 6) is -0.000492. The van der Waals surface area contributed by atoms with Crippen molar-refractivity contribution < 1.29 is 9.59 Å². The molecule has 0 bridgehead atoms. The van der Waals surface area contributed by atoms with Crippen LogP contribution < -0.4 is 5.32 Å². The minimum absolute atomic E-state index is 0.0569. The molecular formula is C16H21N3O2. The van der Waals surface area contributed by atoms with Gasteiger partial charge in [0.2, 0.25) is 11.8 Å². The Hall–Kier alpha value is -1.91. The summed E-state index contributed by atoms with van der Waals surface area (Å²) in [4.78, 5) is 31.2. The molecule has 0 aromatic carbocycles. The smallest absolute Gasteiger partial charge is 0.249 e. The summed E-state index contributed by atoms with van der Waals surface area (Å²) in [5, 5.41) is 3.01. The second-order valence-corrected chi connectivity index (χ2v) is 6.55. The van der Waals surface area contributed by atoms with Gasteiger partial charge in [0, 0.05) is 18.9 Å². The van der Waals surface area contributed by atoms with Gasteiger partial charge in [0.25, 0.3) is 0 Å². The Labute approximate surface area is 124 Å². The second-order valence-electron chi connectivity index (χ2n) is 6.55. The molecule has 5 nitrogen and oxygen atoms in total. The molecule has 0 atom stereocenters. The van der Waals surface area contributed by atoms with Crippen LogP contribution in [0.5, 0.6) is 0 Å². The molecule has 2 aliphatic rings. The first-order valence-electron chi connectivity index (χ1n) is 7.49. The van der Waals surface area contributed by atoms with E-state index in [1.165, 1.54) is 0 Å². The van der Waals surface area contributed by atoms with Crippen LogP contribution in [0.25, 0.3) is 0 Å². The largest absolute Gasteiger partial charge is 0.340 e. The van der Waals surface area contributed by atoms with E-state index < -0.39 is 11.1 Å². The number of pyridine rings is 1. The number of nitrogens with zero attached hydrogens (tertiary/aromatic N) is 2. The summed E-state index contributed by atoms with van der Waals surface area (Å²) in [5.41, 5.74) is -0.498. The van der Waals surface area contributed by atoms with Crippen molar-refractivity contribution in [3.63, 3.8) is 0 Å². The van der Waals surface area contributed by atoms with E-state index in [9.17, 15) is 9.59 Å². The van der Waals surface area contributed by atoms with E-state index in [0.29, 0.717) is 6.54 Å². The van der Waals surface area contributed by atoms with Crippen LogP contribution in [0.15, 0.2) is 24.5 Å². The van der Waals surface area contributed by atoms with Crippen LogP contribution in [0.4, 0.5) is 0 Å². The molecule has 1 aliphatic carbocycles. The zero-order valence-corrected chi connectivity index (χ0v) is 12.6. The molecule has 1 saturated heterocycles. The zero-order chi connectivity index (χ0) is 15.1. The van der Waals surface area contributed by atoms with Gasteiger partial charge in [-0.1, -0.05) is 12.8 Å². The van der Waals surface area contributed by atoms with E-state index in [1.807, 2.05) is 26.0 Å². The lowest BCUT2D eigenvalue weighted by Gasteiger charge is -2.48. The first kappa shape index (κ1) is 14.0. The third-order valence-corrected chi connectivity index (χ3v) is 4.78. The van der Waals surface area contributed by atoms with E-state index in [-0.39, 0.29) is 11.8 Å². The van der Waals surface area contributed by atoms with Crippen molar-refractivity contribution in [2.24, 2.45) is 0 Å². The maximum atomic E-state index is 13.0. The number of hydrogen-bond donors (Lipinski definition) is 1.